The second kappa shape index (κ2) is 7.04. The summed E-state index contributed by atoms with van der Waals surface area (Å²) >= 11 is 5.78. The fraction of sp³-hybridized carbons (Fsp3) is 0.200. The molecule has 0 aliphatic rings. The number of hydrogen-bond donors (Lipinski definition) is 1. The minimum atomic E-state index is -0.608. The van der Waals surface area contributed by atoms with Crippen molar-refractivity contribution in [3.05, 3.63) is 58.6 Å². The minimum absolute atomic E-state index is 0.0117. The molecule has 6 heteroatoms. The molecule has 2 aromatic rings. The Hall–Kier alpha value is -2.14. The van der Waals surface area contributed by atoms with Crippen LogP contribution in [0.1, 0.15) is 22.8 Å². The van der Waals surface area contributed by atoms with Crippen molar-refractivity contribution in [2.45, 2.75) is 13.5 Å². The van der Waals surface area contributed by atoms with Crippen LogP contribution in [-0.4, -0.2) is 17.5 Å². The fourth-order valence-electron chi connectivity index (χ4n) is 1.77. The van der Waals surface area contributed by atoms with Gasteiger partial charge in [-0.1, -0.05) is 23.7 Å². The van der Waals surface area contributed by atoms with Gasteiger partial charge in [0.05, 0.1) is 18.4 Å². The van der Waals surface area contributed by atoms with Crippen molar-refractivity contribution >= 4 is 17.5 Å². The van der Waals surface area contributed by atoms with Crippen LogP contribution in [0.2, 0.25) is 5.15 Å². The molecule has 0 saturated heterocycles. The molecule has 1 amide bonds. The third-order valence-electron chi connectivity index (χ3n) is 2.71. The molecule has 110 valence electrons. The van der Waals surface area contributed by atoms with E-state index in [4.69, 9.17) is 16.3 Å². The van der Waals surface area contributed by atoms with Crippen molar-refractivity contribution in [3.8, 4) is 5.75 Å². The number of nitrogens with one attached hydrogen (secondary N) is 1. The first-order valence-electron chi connectivity index (χ1n) is 6.41. The smallest absolute Gasteiger partial charge is 0.254 e. The van der Waals surface area contributed by atoms with Gasteiger partial charge in [0, 0.05) is 6.54 Å². The van der Waals surface area contributed by atoms with E-state index in [0.717, 1.165) is 23.6 Å². The summed E-state index contributed by atoms with van der Waals surface area (Å²) in [6.45, 7) is 2.75. The van der Waals surface area contributed by atoms with Crippen LogP contribution in [0.25, 0.3) is 0 Å². The maximum atomic E-state index is 13.1. The van der Waals surface area contributed by atoms with Gasteiger partial charge in [-0.05, 0) is 30.7 Å². The Bertz CT molecular complexity index is 649. The molecule has 0 aliphatic carbocycles. The number of carbonyl (C=O) groups is 1. The van der Waals surface area contributed by atoms with Gasteiger partial charge in [-0.15, -0.1) is 0 Å². The molecule has 2 rings (SSSR count). The quantitative estimate of drug-likeness (QED) is 0.863. The average Bonchev–Trinajstić information content (AvgIpc) is 2.48. The molecule has 0 radical (unpaired) electrons. The third kappa shape index (κ3) is 4.16. The van der Waals surface area contributed by atoms with Gasteiger partial charge in [0.15, 0.2) is 0 Å². The molecular weight excluding hydrogens is 295 g/mol. The summed E-state index contributed by atoms with van der Waals surface area (Å²) in [4.78, 5) is 15.6. The number of ether oxygens (including phenoxy) is 1. The van der Waals surface area contributed by atoms with Gasteiger partial charge in [-0.2, -0.15) is 0 Å². The molecule has 21 heavy (non-hydrogen) atoms. The number of rotatable bonds is 5. The van der Waals surface area contributed by atoms with E-state index in [2.05, 4.69) is 10.3 Å². The van der Waals surface area contributed by atoms with Crippen LogP contribution in [0.3, 0.4) is 0 Å². The van der Waals surface area contributed by atoms with Crippen molar-refractivity contribution in [3.63, 3.8) is 0 Å². The van der Waals surface area contributed by atoms with E-state index in [1.165, 1.54) is 0 Å². The summed E-state index contributed by atoms with van der Waals surface area (Å²) in [6.07, 6.45) is 0.963. The molecule has 0 atom stereocenters. The zero-order chi connectivity index (χ0) is 15.2. The van der Waals surface area contributed by atoms with Crippen LogP contribution < -0.4 is 10.1 Å². The van der Waals surface area contributed by atoms with E-state index < -0.39 is 11.7 Å². The van der Waals surface area contributed by atoms with E-state index in [1.54, 1.807) is 0 Å². The highest BCUT2D eigenvalue weighted by molar-refractivity contribution is 6.32. The molecule has 0 fully saturated rings. The zero-order valence-corrected chi connectivity index (χ0v) is 12.2. The third-order valence-corrected chi connectivity index (χ3v) is 3.01. The van der Waals surface area contributed by atoms with Crippen LogP contribution >= 0.6 is 11.6 Å². The van der Waals surface area contributed by atoms with E-state index in [0.29, 0.717) is 6.61 Å². The van der Waals surface area contributed by atoms with Gasteiger partial charge in [0.25, 0.3) is 5.91 Å². The highest BCUT2D eigenvalue weighted by Gasteiger charge is 2.12. The van der Waals surface area contributed by atoms with E-state index >= 15 is 0 Å². The highest BCUT2D eigenvalue weighted by atomic mass is 35.5. The van der Waals surface area contributed by atoms with E-state index in [1.807, 2.05) is 31.2 Å². The lowest BCUT2D eigenvalue weighted by atomic mass is 10.2. The molecule has 0 saturated carbocycles. The number of aromatic nitrogens is 1. The molecule has 0 spiro atoms. The first-order chi connectivity index (χ1) is 10.1. The van der Waals surface area contributed by atoms with Gasteiger partial charge in [-0.25, -0.2) is 9.37 Å². The van der Waals surface area contributed by atoms with Crippen LogP contribution in [0.5, 0.6) is 5.75 Å². The molecule has 0 bridgehead atoms. The molecule has 4 nitrogen and oxygen atoms in total. The molecule has 0 aliphatic heterocycles. The fourth-order valence-corrected chi connectivity index (χ4v) is 1.96. The Labute approximate surface area is 126 Å². The normalized spacial score (nSPS) is 10.2. The molecule has 0 unspecified atom stereocenters. The van der Waals surface area contributed by atoms with Crippen molar-refractivity contribution in [1.29, 1.82) is 0 Å². The predicted molar refractivity (Wildman–Crippen MR) is 78.0 cm³/mol. The van der Waals surface area contributed by atoms with Gasteiger partial charge < -0.3 is 10.1 Å². The maximum absolute atomic E-state index is 13.1. The summed E-state index contributed by atoms with van der Waals surface area (Å²) in [5.74, 6) is -0.355. The second-order valence-electron chi connectivity index (χ2n) is 4.26. The summed E-state index contributed by atoms with van der Waals surface area (Å²) in [5.41, 5.74) is 0.882. The Kier molecular flexibility index (Phi) is 5.11. The second-order valence-corrected chi connectivity index (χ2v) is 4.61. The van der Waals surface area contributed by atoms with Crippen molar-refractivity contribution in [2.24, 2.45) is 0 Å². The summed E-state index contributed by atoms with van der Waals surface area (Å²) in [6, 6.07) is 8.41. The summed E-state index contributed by atoms with van der Waals surface area (Å²) in [7, 11) is 0. The van der Waals surface area contributed by atoms with Crippen LogP contribution in [-0.2, 0) is 6.54 Å². The standard InChI is InChI=1S/C15H14ClFN2O2/c1-2-21-12-5-3-4-10(6-12)8-19-15(20)13-7-11(17)9-18-14(13)16/h3-7,9H,2,8H2,1H3,(H,19,20). The number of amides is 1. The van der Waals surface area contributed by atoms with E-state index in [-0.39, 0.29) is 17.3 Å². The molecule has 1 aromatic heterocycles. The summed E-state index contributed by atoms with van der Waals surface area (Å²) in [5, 5.41) is 2.64. The predicted octanol–water partition coefficient (Wildman–Crippen LogP) is 3.20. The van der Waals surface area contributed by atoms with Crippen LogP contribution in [0, 0.1) is 5.82 Å². The number of hydrogen-bond acceptors (Lipinski definition) is 3. The van der Waals surface area contributed by atoms with E-state index in [9.17, 15) is 9.18 Å². The van der Waals surface area contributed by atoms with Gasteiger partial charge in [0.2, 0.25) is 0 Å². The number of benzene rings is 1. The molecule has 1 N–H and O–H groups in total. The Morgan fingerprint density at radius 1 is 1.43 bits per heavy atom. The van der Waals surface area contributed by atoms with Crippen LogP contribution in [0.15, 0.2) is 36.5 Å². The number of carbonyl (C=O) groups excluding carboxylic acids is 1. The van der Waals surface area contributed by atoms with Crippen LogP contribution in [0.4, 0.5) is 4.39 Å². The first kappa shape index (κ1) is 15.3. The van der Waals surface area contributed by atoms with Crippen molar-refractivity contribution < 1.29 is 13.9 Å². The highest BCUT2D eigenvalue weighted by Crippen LogP contribution is 2.15. The van der Waals surface area contributed by atoms with Gasteiger partial charge in [-0.3, -0.25) is 4.79 Å². The lowest BCUT2D eigenvalue weighted by molar-refractivity contribution is 0.0950. The number of nitrogens with zero attached hydrogens (tertiary/aromatic N) is 1. The Balaban J connectivity index is 2.04. The molecular formula is C15H14ClFN2O2. The first-order valence-corrected chi connectivity index (χ1v) is 6.79. The Morgan fingerprint density at radius 3 is 3.00 bits per heavy atom. The number of pyridine rings is 1. The topological polar surface area (TPSA) is 51.2 Å². The lowest BCUT2D eigenvalue weighted by Gasteiger charge is -2.08. The SMILES string of the molecule is CCOc1cccc(CNC(=O)c2cc(F)cnc2Cl)c1. The van der Waals surface area contributed by atoms with Gasteiger partial charge >= 0.3 is 0 Å². The van der Waals surface area contributed by atoms with Crippen molar-refractivity contribution in [1.82, 2.24) is 10.3 Å². The average molecular weight is 309 g/mol. The summed E-state index contributed by atoms with van der Waals surface area (Å²) < 4.78 is 18.5. The van der Waals surface area contributed by atoms with Gasteiger partial charge in [0.1, 0.15) is 16.7 Å². The zero-order valence-electron chi connectivity index (χ0n) is 11.4. The lowest BCUT2D eigenvalue weighted by Crippen LogP contribution is -2.23. The molecule has 1 aromatic carbocycles. The minimum Gasteiger partial charge on any atom is -0.494 e. The largest absolute Gasteiger partial charge is 0.494 e. The Morgan fingerprint density at radius 2 is 2.24 bits per heavy atom. The molecule has 1 heterocycles. The monoisotopic (exact) mass is 308 g/mol. The maximum Gasteiger partial charge on any atom is 0.254 e. The van der Waals surface area contributed by atoms with Crippen molar-refractivity contribution in [2.75, 3.05) is 6.61 Å². The number of halogens is 2.